The Morgan fingerprint density at radius 3 is 2.60 bits per heavy atom. The van der Waals surface area contributed by atoms with Gasteiger partial charge in [-0.3, -0.25) is 14.2 Å². The van der Waals surface area contributed by atoms with Crippen LogP contribution in [-0.2, 0) is 9.59 Å². The first-order valence-electron chi connectivity index (χ1n) is 9.08. The van der Waals surface area contributed by atoms with Gasteiger partial charge in [-0.25, -0.2) is 9.97 Å². The molecule has 0 saturated heterocycles. The Kier molecular flexibility index (Phi) is 5.75. The predicted molar refractivity (Wildman–Crippen MR) is 115 cm³/mol. The molecule has 2 amide bonds. The van der Waals surface area contributed by atoms with E-state index in [1.165, 1.54) is 11.8 Å². The first-order valence-corrected chi connectivity index (χ1v) is 10.2. The Hall–Kier alpha value is -3.66. The van der Waals surface area contributed by atoms with Crippen molar-refractivity contribution in [1.82, 2.24) is 19.7 Å². The van der Waals surface area contributed by atoms with Crippen LogP contribution >= 0.6 is 11.8 Å². The van der Waals surface area contributed by atoms with Crippen molar-refractivity contribution in [3.8, 4) is 5.82 Å². The molecule has 0 radical (unpaired) electrons. The number of rotatable bonds is 7. The highest BCUT2D eigenvalue weighted by Crippen LogP contribution is 2.17. The number of aromatic nitrogens is 4. The summed E-state index contributed by atoms with van der Waals surface area (Å²) in [5.74, 6) is 1.48. The summed E-state index contributed by atoms with van der Waals surface area (Å²) < 4.78 is 6.76. The first kappa shape index (κ1) is 19.6. The summed E-state index contributed by atoms with van der Waals surface area (Å²) in [5, 5.41) is 9.07. The average molecular weight is 422 g/mol. The third kappa shape index (κ3) is 4.66. The number of nitrogens with one attached hydrogen (secondary N) is 2. The van der Waals surface area contributed by atoms with Crippen molar-refractivity contribution in [3.05, 3.63) is 60.7 Å². The maximum absolute atomic E-state index is 12.1. The van der Waals surface area contributed by atoms with Gasteiger partial charge < -0.3 is 15.2 Å². The van der Waals surface area contributed by atoms with Gasteiger partial charge in [0.1, 0.15) is 17.9 Å². The van der Waals surface area contributed by atoms with Crippen molar-refractivity contribution >= 4 is 46.1 Å². The second kappa shape index (κ2) is 8.78. The van der Waals surface area contributed by atoms with Crippen LogP contribution in [0.1, 0.15) is 5.76 Å². The van der Waals surface area contributed by atoms with Crippen molar-refractivity contribution in [2.24, 2.45) is 0 Å². The Labute approximate surface area is 175 Å². The SMILES string of the molecule is Cc1cc(NC(=O)CSCC(=O)Nc2ccc(-n3cnc4ccccc43)nc2)no1. The smallest absolute Gasteiger partial charge is 0.235 e. The lowest BCUT2D eigenvalue weighted by Crippen LogP contribution is -2.18. The molecule has 4 rings (SSSR count). The average Bonchev–Trinajstić information content (AvgIpc) is 3.34. The number of fused-ring (bicyclic) bond motifs is 1. The third-order valence-electron chi connectivity index (χ3n) is 4.09. The lowest BCUT2D eigenvalue weighted by atomic mass is 10.3. The summed E-state index contributed by atoms with van der Waals surface area (Å²) in [5.41, 5.74) is 2.42. The van der Waals surface area contributed by atoms with Gasteiger partial charge in [0.25, 0.3) is 0 Å². The van der Waals surface area contributed by atoms with E-state index in [0.29, 0.717) is 23.1 Å². The molecule has 30 heavy (non-hydrogen) atoms. The number of benzene rings is 1. The molecule has 0 fully saturated rings. The zero-order valence-corrected chi connectivity index (χ0v) is 16.8. The summed E-state index contributed by atoms with van der Waals surface area (Å²) in [6, 6.07) is 13.0. The number of imidazole rings is 1. The predicted octanol–water partition coefficient (Wildman–Crippen LogP) is 3.03. The van der Waals surface area contributed by atoms with Crippen LogP contribution in [0.5, 0.6) is 0 Å². The van der Waals surface area contributed by atoms with Crippen molar-refractivity contribution in [1.29, 1.82) is 0 Å². The largest absolute Gasteiger partial charge is 0.360 e. The van der Waals surface area contributed by atoms with Crippen LogP contribution in [0.3, 0.4) is 0 Å². The fraction of sp³-hybridized carbons (Fsp3) is 0.150. The number of aryl methyl sites for hydroxylation is 1. The molecule has 9 nitrogen and oxygen atoms in total. The second-order valence-corrected chi connectivity index (χ2v) is 7.41. The van der Waals surface area contributed by atoms with E-state index in [1.54, 1.807) is 31.6 Å². The molecule has 0 unspecified atom stereocenters. The van der Waals surface area contributed by atoms with Gasteiger partial charge in [0.05, 0.1) is 34.4 Å². The molecule has 10 heteroatoms. The Morgan fingerprint density at radius 1 is 1.07 bits per heavy atom. The maximum Gasteiger partial charge on any atom is 0.235 e. The fourth-order valence-corrected chi connectivity index (χ4v) is 3.40. The number of para-hydroxylation sites is 2. The van der Waals surface area contributed by atoms with Gasteiger partial charge in [0.15, 0.2) is 5.82 Å². The van der Waals surface area contributed by atoms with E-state index in [-0.39, 0.29) is 23.3 Å². The molecule has 0 spiro atoms. The van der Waals surface area contributed by atoms with E-state index < -0.39 is 0 Å². The number of thioether (sulfide) groups is 1. The molecule has 1 aromatic carbocycles. The highest BCUT2D eigenvalue weighted by atomic mass is 32.2. The number of nitrogens with zero attached hydrogens (tertiary/aromatic N) is 4. The van der Waals surface area contributed by atoms with Crippen molar-refractivity contribution in [2.45, 2.75) is 6.92 Å². The van der Waals surface area contributed by atoms with Gasteiger partial charge in [-0.15, -0.1) is 11.8 Å². The molecular formula is C20H18N6O3S. The van der Waals surface area contributed by atoms with Gasteiger partial charge in [-0.05, 0) is 31.2 Å². The lowest BCUT2D eigenvalue weighted by Gasteiger charge is -2.07. The molecule has 0 atom stereocenters. The monoisotopic (exact) mass is 422 g/mol. The van der Waals surface area contributed by atoms with Crippen LogP contribution in [-0.4, -0.2) is 43.0 Å². The summed E-state index contributed by atoms with van der Waals surface area (Å²) in [6.45, 7) is 1.74. The normalized spacial score (nSPS) is 10.8. The van der Waals surface area contributed by atoms with Crippen LogP contribution in [0.25, 0.3) is 16.9 Å². The highest BCUT2D eigenvalue weighted by Gasteiger charge is 2.10. The van der Waals surface area contributed by atoms with Gasteiger partial charge in [0, 0.05) is 6.07 Å². The number of carbonyl (C=O) groups excluding carboxylic acids is 2. The van der Waals surface area contributed by atoms with Gasteiger partial charge in [-0.2, -0.15) is 0 Å². The number of hydrogen-bond donors (Lipinski definition) is 2. The second-order valence-electron chi connectivity index (χ2n) is 6.42. The van der Waals surface area contributed by atoms with Gasteiger partial charge in [-0.1, -0.05) is 17.3 Å². The third-order valence-corrected chi connectivity index (χ3v) is 5.03. The zero-order valence-electron chi connectivity index (χ0n) is 16.0. The molecular weight excluding hydrogens is 404 g/mol. The van der Waals surface area contributed by atoms with Crippen LogP contribution in [0.2, 0.25) is 0 Å². The number of anilines is 2. The standard InChI is InChI=1S/C20H18N6O3S/c1-13-8-17(25-29-13)24-20(28)11-30-10-19(27)23-14-6-7-18(21-9-14)26-12-22-15-4-2-3-5-16(15)26/h2-9,12H,10-11H2,1H3,(H,23,27)(H,24,25,28). The fourth-order valence-electron chi connectivity index (χ4n) is 2.78. The van der Waals surface area contributed by atoms with Crippen LogP contribution in [0.15, 0.2) is 59.5 Å². The Bertz CT molecular complexity index is 1180. The van der Waals surface area contributed by atoms with E-state index in [4.69, 9.17) is 4.52 Å². The number of carbonyl (C=O) groups is 2. The highest BCUT2D eigenvalue weighted by molar-refractivity contribution is 8.00. The molecule has 2 N–H and O–H groups in total. The Morgan fingerprint density at radius 2 is 1.87 bits per heavy atom. The van der Waals surface area contributed by atoms with Crippen molar-refractivity contribution < 1.29 is 14.1 Å². The maximum atomic E-state index is 12.1. The minimum Gasteiger partial charge on any atom is -0.360 e. The van der Waals surface area contributed by atoms with E-state index in [0.717, 1.165) is 11.0 Å². The van der Waals surface area contributed by atoms with Crippen molar-refractivity contribution in [3.63, 3.8) is 0 Å². The minimum absolute atomic E-state index is 0.129. The molecule has 0 aliphatic heterocycles. The topological polar surface area (TPSA) is 115 Å². The number of amides is 2. The Balaban J connectivity index is 1.27. The summed E-state index contributed by atoms with van der Waals surface area (Å²) in [6.07, 6.45) is 3.31. The first-order chi connectivity index (χ1) is 14.6. The summed E-state index contributed by atoms with van der Waals surface area (Å²) in [4.78, 5) is 32.7. The molecule has 0 aliphatic carbocycles. The quantitative estimate of drug-likeness (QED) is 0.470. The molecule has 0 saturated carbocycles. The zero-order chi connectivity index (χ0) is 20.9. The number of pyridine rings is 1. The van der Waals surface area contributed by atoms with Crippen LogP contribution in [0.4, 0.5) is 11.5 Å². The van der Waals surface area contributed by atoms with Gasteiger partial charge >= 0.3 is 0 Å². The van der Waals surface area contributed by atoms with E-state index in [9.17, 15) is 9.59 Å². The molecule has 152 valence electrons. The lowest BCUT2D eigenvalue weighted by molar-refractivity contribution is -0.114. The molecule has 4 aromatic rings. The van der Waals surface area contributed by atoms with E-state index >= 15 is 0 Å². The minimum atomic E-state index is -0.250. The molecule has 0 aliphatic rings. The van der Waals surface area contributed by atoms with E-state index in [2.05, 4.69) is 25.8 Å². The number of hydrogen-bond acceptors (Lipinski definition) is 7. The van der Waals surface area contributed by atoms with Crippen LogP contribution in [0, 0.1) is 6.92 Å². The van der Waals surface area contributed by atoms with Crippen LogP contribution < -0.4 is 10.6 Å². The van der Waals surface area contributed by atoms with Crippen molar-refractivity contribution in [2.75, 3.05) is 22.1 Å². The van der Waals surface area contributed by atoms with Gasteiger partial charge in [0.2, 0.25) is 11.8 Å². The van der Waals surface area contributed by atoms with E-state index in [1.807, 2.05) is 34.9 Å². The molecule has 0 bridgehead atoms. The molecule has 3 aromatic heterocycles. The summed E-state index contributed by atoms with van der Waals surface area (Å²) >= 11 is 1.20. The summed E-state index contributed by atoms with van der Waals surface area (Å²) in [7, 11) is 0. The molecule has 3 heterocycles.